The zero-order chi connectivity index (χ0) is 24.0. The lowest BCUT2D eigenvalue weighted by Crippen LogP contribution is -2.56. The van der Waals surface area contributed by atoms with Gasteiger partial charge in [-0.05, 0) is 50.4 Å². The second kappa shape index (κ2) is 8.77. The molecule has 3 amide bonds. The fourth-order valence-electron chi connectivity index (χ4n) is 5.32. The van der Waals surface area contributed by atoms with E-state index < -0.39 is 18.2 Å². The number of amides is 3. The Kier molecular flexibility index (Phi) is 6.60. The van der Waals surface area contributed by atoms with E-state index >= 15 is 0 Å². The van der Waals surface area contributed by atoms with Crippen LogP contribution in [-0.4, -0.2) is 88.2 Å². The van der Waals surface area contributed by atoms with E-state index in [1.165, 1.54) is 0 Å². The molecule has 4 rings (SSSR count). The van der Waals surface area contributed by atoms with Gasteiger partial charge in [0.25, 0.3) is 0 Å². The number of carboxylic acids is 1. The summed E-state index contributed by atoms with van der Waals surface area (Å²) < 4.78 is 31.7. The Morgan fingerprint density at radius 1 is 1.09 bits per heavy atom. The summed E-state index contributed by atoms with van der Waals surface area (Å²) in [5.74, 6) is -2.19. The summed E-state index contributed by atoms with van der Waals surface area (Å²) in [6.07, 6.45) is 0.330. The van der Waals surface area contributed by atoms with Crippen LogP contribution in [0.15, 0.2) is 0 Å². The Labute approximate surface area is 183 Å². The molecule has 1 aliphatic carbocycles. The number of urea groups is 1. The van der Waals surface area contributed by atoms with Gasteiger partial charge in [-0.25, -0.2) is 9.59 Å². The van der Waals surface area contributed by atoms with Crippen molar-refractivity contribution in [1.82, 2.24) is 14.7 Å². The number of fused-ring (bicyclic) bond motifs is 3. The topological polar surface area (TPSA) is 131 Å². The highest BCUT2D eigenvalue weighted by Gasteiger charge is 2.56. The van der Waals surface area contributed by atoms with Crippen LogP contribution in [-0.2, 0) is 9.59 Å². The van der Waals surface area contributed by atoms with Crippen LogP contribution in [0.5, 0.6) is 0 Å². The monoisotopic (exact) mass is 459 g/mol. The molecule has 2 bridgehead atoms. The Balaban J connectivity index is 0.000000360. The van der Waals surface area contributed by atoms with Crippen LogP contribution in [0.2, 0.25) is 0 Å². The van der Waals surface area contributed by atoms with Gasteiger partial charge in [0.1, 0.15) is 6.04 Å². The third kappa shape index (κ3) is 4.62. The molecule has 32 heavy (non-hydrogen) atoms. The molecule has 2 unspecified atom stereocenters. The Morgan fingerprint density at radius 2 is 1.62 bits per heavy atom. The smallest absolute Gasteiger partial charge is 0.475 e. The third-order valence-corrected chi connectivity index (χ3v) is 6.92. The van der Waals surface area contributed by atoms with Crippen molar-refractivity contribution in [3.63, 3.8) is 0 Å². The number of piperidine rings is 2. The number of nitrogens with two attached hydrogens (primary N) is 1. The summed E-state index contributed by atoms with van der Waals surface area (Å²) in [6.45, 7) is 0. The maximum absolute atomic E-state index is 13.0. The summed E-state index contributed by atoms with van der Waals surface area (Å²) >= 11 is 0. The Morgan fingerprint density at radius 3 is 2.06 bits per heavy atom. The summed E-state index contributed by atoms with van der Waals surface area (Å²) in [5.41, 5.74) is 6.39. The second-order valence-electron chi connectivity index (χ2n) is 9.22. The molecule has 12 heteroatoms. The first-order valence-corrected chi connectivity index (χ1v) is 10.6. The number of alkyl halides is 3. The van der Waals surface area contributed by atoms with Crippen molar-refractivity contribution in [2.45, 2.75) is 74.9 Å². The van der Waals surface area contributed by atoms with Crippen molar-refractivity contribution in [2.24, 2.45) is 17.6 Å². The number of nitrogens with zero attached hydrogens (tertiary/aromatic N) is 4. The van der Waals surface area contributed by atoms with Crippen molar-refractivity contribution in [3.8, 4) is 6.07 Å². The lowest BCUT2D eigenvalue weighted by atomic mass is 9.84. The number of hydrogen-bond donors (Lipinski definition) is 2. The van der Waals surface area contributed by atoms with E-state index in [0.717, 1.165) is 38.5 Å². The van der Waals surface area contributed by atoms with Crippen molar-refractivity contribution in [3.05, 3.63) is 0 Å². The average molecular weight is 459 g/mol. The van der Waals surface area contributed by atoms with Crippen molar-refractivity contribution in [2.75, 3.05) is 14.1 Å². The highest BCUT2D eigenvalue weighted by molar-refractivity contribution is 5.84. The van der Waals surface area contributed by atoms with Crippen LogP contribution in [0.25, 0.3) is 0 Å². The second-order valence-corrected chi connectivity index (χ2v) is 9.22. The molecule has 178 valence electrons. The Bertz CT molecular complexity index is 800. The van der Waals surface area contributed by atoms with Gasteiger partial charge >= 0.3 is 18.2 Å². The van der Waals surface area contributed by atoms with Crippen LogP contribution in [0.3, 0.4) is 0 Å². The number of carbonyl (C=O) groups is 3. The summed E-state index contributed by atoms with van der Waals surface area (Å²) in [6, 6.07) is 2.12. The normalized spacial score (nSPS) is 33.4. The number of aliphatic carboxylic acids is 1. The van der Waals surface area contributed by atoms with E-state index in [9.17, 15) is 28.0 Å². The lowest BCUT2D eigenvalue weighted by Gasteiger charge is -2.42. The molecule has 0 aromatic carbocycles. The molecule has 0 radical (unpaired) electrons. The fraction of sp³-hybridized carbons (Fsp3) is 0.800. The summed E-state index contributed by atoms with van der Waals surface area (Å²) in [5, 5.41) is 16.4. The highest BCUT2D eigenvalue weighted by Crippen LogP contribution is 2.48. The molecule has 0 spiro atoms. The zero-order valence-corrected chi connectivity index (χ0v) is 18.0. The number of carboxylic acid groups (broad SMARTS) is 1. The summed E-state index contributed by atoms with van der Waals surface area (Å²) in [4.78, 5) is 39.7. The van der Waals surface area contributed by atoms with Crippen LogP contribution in [0, 0.1) is 23.2 Å². The van der Waals surface area contributed by atoms with Gasteiger partial charge in [0, 0.05) is 32.2 Å². The first kappa shape index (κ1) is 24.1. The Hall–Kier alpha value is -2.55. The number of likely N-dealkylation sites (tertiary alicyclic amines) is 1. The molecule has 3 aliphatic heterocycles. The lowest BCUT2D eigenvalue weighted by molar-refractivity contribution is -0.192. The molecule has 4 aliphatic rings. The average Bonchev–Trinajstić information content (AvgIpc) is 3.31. The van der Waals surface area contributed by atoms with Gasteiger partial charge in [0.2, 0.25) is 5.91 Å². The van der Waals surface area contributed by atoms with Crippen molar-refractivity contribution in [1.29, 1.82) is 5.26 Å². The van der Waals surface area contributed by atoms with Crippen LogP contribution in [0.4, 0.5) is 18.0 Å². The molecule has 0 aromatic rings. The van der Waals surface area contributed by atoms with Crippen LogP contribution in [0.1, 0.15) is 38.5 Å². The first-order valence-electron chi connectivity index (χ1n) is 10.6. The van der Waals surface area contributed by atoms with E-state index in [1.54, 1.807) is 23.9 Å². The first-order chi connectivity index (χ1) is 14.9. The molecule has 1 saturated carbocycles. The third-order valence-electron chi connectivity index (χ3n) is 6.92. The molecule has 3 saturated heterocycles. The zero-order valence-electron chi connectivity index (χ0n) is 18.0. The van der Waals surface area contributed by atoms with E-state index in [-0.39, 0.29) is 42.0 Å². The summed E-state index contributed by atoms with van der Waals surface area (Å²) in [7, 11) is 3.56. The van der Waals surface area contributed by atoms with Gasteiger partial charge in [-0.2, -0.15) is 18.4 Å². The van der Waals surface area contributed by atoms with E-state index in [2.05, 4.69) is 6.07 Å². The van der Waals surface area contributed by atoms with Gasteiger partial charge < -0.3 is 25.5 Å². The molecule has 9 nitrogen and oxygen atoms in total. The van der Waals surface area contributed by atoms with E-state index in [0.29, 0.717) is 5.92 Å². The molecule has 3 N–H and O–H groups in total. The van der Waals surface area contributed by atoms with Crippen molar-refractivity contribution < 1.29 is 32.7 Å². The van der Waals surface area contributed by atoms with E-state index in [1.807, 2.05) is 4.90 Å². The van der Waals surface area contributed by atoms with Crippen LogP contribution >= 0.6 is 0 Å². The molecule has 4 fully saturated rings. The van der Waals surface area contributed by atoms with Crippen LogP contribution < -0.4 is 5.73 Å². The minimum atomic E-state index is -5.08. The molecule has 3 heterocycles. The number of halogens is 3. The molecular formula is C20H28F3N5O4. The minimum Gasteiger partial charge on any atom is -0.475 e. The highest BCUT2D eigenvalue weighted by atomic mass is 19.4. The van der Waals surface area contributed by atoms with Gasteiger partial charge in [0.05, 0.1) is 12.1 Å². The van der Waals surface area contributed by atoms with Gasteiger partial charge in [0.15, 0.2) is 0 Å². The van der Waals surface area contributed by atoms with Gasteiger partial charge in [-0.3, -0.25) is 4.79 Å². The minimum absolute atomic E-state index is 0.0478. The predicted molar refractivity (Wildman–Crippen MR) is 105 cm³/mol. The number of nitriles is 1. The standard InChI is InChI=1S/C18H27N5O2.C2HF3O2/c1-21(2)18(25)22-12-3-4-13(22)7-11(6-12)16(20)17(24)23-14(9-19)5-10-8-15(10)23;3-2(4,5)1(6)7/h10-16H,3-8,20H2,1-2H3;(H,6,7)/t10-,11?,12?,13?,14+,15+,16+;/m1./s1. The van der Waals surface area contributed by atoms with E-state index in [4.69, 9.17) is 15.6 Å². The quantitative estimate of drug-likeness (QED) is 0.642. The maximum Gasteiger partial charge on any atom is 0.490 e. The number of rotatable bonds is 2. The largest absolute Gasteiger partial charge is 0.490 e. The maximum atomic E-state index is 13.0. The SMILES string of the molecule is CN(C)C(=O)N1C2CCC1CC([C@H](N)C(=O)N1[C@H](C#N)C[C@@H]3C[C@@H]31)C2.O=C(O)C(F)(F)F. The number of hydrogen-bond acceptors (Lipinski definition) is 5. The molecule has 0 aromatic heterocycles. The van der Waals surface area contributed by atoms with Crippen molar-refractivity contribution >= 4 is 17.9 Å². The number of carbonyl (C=O) groups excluding carboxylic acids is 2. The van der Waals surface area contributed by atoms with Gasteiger partial charge in [-0.15, -0.1) is 0 Å². The molecular weight excluding hydrogens is 431 g/mol. The molecule has 6 atom stereocenters. The fourth-order valence-corrected chi connectivity index (χ4v) is 5.32. The predicted octanol–water partition coefficient (Wildman–Crippen LogP) is 1.38. The van der Waals surface area contributed by atoms with Gasteiger partial charge in [-0.1, -0.05) is 0 Å².